The lowest BCUT2D eigenvalue weighted by atomic mass is 10.1. The predicted molar refractivity (Wildman–Crippen MR) is 99.9 cm³/mol. The van der Waals surface area contributed by atoms with Crippen molar-refractivity contribution in [2.45, 2.75) is 20.8 Å². The lowest BCUT2D eigenvalue weighted by molar-refractivity contribution is 0.208. The molecule has 0 atom stereocenters. The van der Waals surface area contributed by atoms with E-state index < -0.39 is 0 Å². The van der Waals surface area contributed by atoms with E-state index in [9.17, 15) is 4.79 Å². The molecule has 4 heteroatoms. The summed E-state index contributed by atoms with van der Waals surface area (Å²) < 4.78 is 0. The van der Waals surface area contributed by atoms with Gasteiger partial charge in [-0.2, -0.15) is 0 Å². The molecule has 0 aliphatic carbocycles. The molecule has 2 aromatic carbocycles. The molecule has 0 radical (unpaired) electrons. The van der Waals surface area contributed by atoms with E-state index in [1.54, 1.807) is 0 Å². The fraction of sp³-hybridized carbons (Fsp3) is 0.350. The van der Waals surface area contributed by atoms with E-state index in [0.29, 0.717) is 0 Å². The number of anilines is 2. The molecule has 0 bridgehead atoms. The number of urea groups is 1. The Hall–Kier alpha value is -2.49. The second-order valence-electron chi connectivity index (χ2n) is 6.54. The molecule has 0 saturated carbocycles. The standard InChI is InChI=1S/C20H25N3O/c1-15-4-8-19(9-5-15)22-10-12-23(13-11-22)20(24)21-18-7-6-16(2)17(3)14-18/h4-9,14H,10-13H2,1-3H3,(H,21,24). The Labute approximate surface area is 144 Å². The summed E-state index contributed by atoms with van der Waals surface area (Å²) in [6.45, 7) is 9.44. The van der Waals surface area contributed by atoms with E-state index in [0.717, 1.165) is 31.9 Å². The molecule has 1 aliphatic heterocycles. The smallest absolute Gasteiger partial charge is 0.321 e. The maximum atomic E-state index is 12.4. The van der Waals surface area contributed by atoms with Crippen molar-refractivity contribution in [2.75, 3.05) is 36.4 Å². The van der Waals surface area contributed by atoms with Gasteiger partial charge < -0.3 is 15.1 Å². The number of aryl methyl sites for hydroxylation is 3. The van der Waals surface area contributed by atoms with Gasteiger partial charge in [-0.15, -0.1) is 0 Å². The van der Waals surface area contributed by atoms with Crippen LogP contribution in [0.4, 0.5) is 16.2 Å². The molecule has 0 aromatic heterocycles. The summed E-state index contributed by atoms with van der Waals surface area (Å²) in [6.07, 6.45) is 0. The number of carbonyl (C=O) groups excluding carboxylic acids is 1. The van der Waals surface area contributed by atoms with Gasteiger partial charge in [-0.3, -0.25) is 0 Å². The zero-order valence-corrected chi connectivity index (χ0v) is 14.7. The van der Waals surface area contributed by atoms with E-state index in [2.05, 4.69) is 55.3 Å². The molecule has 2 aromatic rings. The minimum atomic E-state index is -0.0122. The third-order valence-corrected chi connectivity index (χ3v) is 4.72. The topological polar surface area (TPSA) is 35.6 Å². The van der Waals surface area contributed by atoms with Crippen LogP contribution < -0.4 is 10.2 Å². The second kappa shape index (κ2) is 6.95. The van der Waals surface area contributed by atoms with Crippen LogP contribution in [-0.2, 0) is 0 Å². The van der Waals surface area contributed by atoms with Gasteiger partial charge in [0.15, 0.2) is 0 Å². The van der Waals surface area contributed by atoms with Crippen molar-refractivity contribution < 1.29 is 4.79 Å². The van der Waals surface area contributed by atoms with E-state index in [1.807, 2.05) is 23.1 Å². The molecular formula is C20H25N3O. The molecule has 1 aliphatic rings. The maximum Gasteiger partial charge on any atom is 0.321 e. The molecule has 2 amide bonds. The molecular weight excluding hydrogens is 298 g/mol. The van der Waals surface area contributed by atoms with Crippen molar-refractivity contribution in [3.05, 3.63) is 59.2 Å². The van der Waals surface area contributed by atoms with Crippen LogP contribution in [0, 0.1) is 20.8 Å². The first-order valence-electron chi connectivity index (χ1n) is 8.48. The van der Waals surface area contributed by atoms with Gasteiger partial charge in [0.1, 0.15) is 0 Å². The first-order chi connectivity index (χ1) is 11.5. The molecule has 24 heavy (non-hydrogen) atoms. The highest BCUT2D eigenvalue weighted by atomic mass is 16.2. The van der Waals surface area contributed by atoms with Crippen LogP contribution in [0.1, 0.15) is 16.7 Å². The molecule has 4 nitrogen and oxygen atoms in total. The average Bonchev–Trinajstić information content (AvgIpc) is 2.59. The van der Waals surface area contributed by atoms with Crippen LogP contribution in [0.2, 0.25) is 0 Å². The Morgan fingerprint density at radius 3 is 2.17 bits per heavy atom. The Kier molecular flexibility index (Phi) is 4.74. The summed E-state index contributed by atoms with van der Waals surface area (Å²) in [5.41, 5.74) is 5.79. The highest BCUT2D eigenvalue weighted by Gasteiger charge is 2.21. The Bertz CT molecular complexity index is 716. The number of rotatable bonds is 2. The van der Waals surface area contributed by atoms with Gasteiger partial charge in [-0.05, 0) is 56.2 Å². The van der Waals surface area contributed by atoms with Crippen LogP contribution in [-0.4, -0.2) is 37.1 Å². The Balaban J connectivity index is 1.56. The molecule has 1 saturated heterocycles. The van der Waals surface area contributed by atoms with E-state index in [1.165, 1.54) is 22.4 Å². The molecule has 0 spiro atoms. The van der Waals surface area contributed by atoms with Crippen LogP contribution >= 0.6 is 0 Å². The minimum Gasteiger partial charge on any atom is -0.368 e. The number of piperazine rings is 1. The SMILES string of the molecule is Cc1ccc(N2CCN(C(=O)Nc3ccc(C)c(C)c3)CC2)cc1. The normalized spacial score (nSPS) is 14.6. The molecule has 126 valence electrons. The van der Waals surface area contributed by atoms with Crippen molar-refractivity contribution >= 4 is 17.4 Å². The quantitative estimate of drug-likeness (QED) is 0.908. The minimum absolute atomic E-state index is 0.0122. The third kappa shape index (κ3) is 3.70. The number of amides is 2. The molecule has 1 fully saturated rings. The first-order valence-corrected chi connectivity index (χ1v) is 8.48. The number of carbonyl (C=O) groups is 1. The van der Waals surface area contributed by atoms with Crippen LogP contribution in [0.5, 0.6) is 0 Å². The van der Waals surface area contributed by atoms with Gasteiger partial charge in [0.25, 0.3) is 0 Å². The van der Waals surface area contributed by atoms with Gasteiger partial charge in [0.2, 0.25) is 0 Å². The zero-order chi connectivity index (χ0) is 17.1. The average molecular weight is 323 g/mol. The van der Waals surface area contributed by atoms with Crippen LogP contribution in [0.3, 0.4) is 0 Å². The van der Waals surface area contributed by atoms with Crippen molar-refractivity contribution in [2.24, 2.45) is 0 Å². The van der Waals surface area contributed by atoms with Gasteiger partial charge in [0, 0.05) is 37.6 Å². The predicted octanol–water partition coefficient (Wildman–Crippen LogP) is 3.97. The summed E-state index contributed by atoms with van der Waals surface area (Å²) in [5, 5.41) is 3.01. The molecule has 1 heterocycles. The summed E-state index contributed by atoms with van der Waals surface area (Å²) in [6, 6.07) is 14.6. The first kappa shape index (κ1) is 16.4. The number of hydrogen-bond acceptors (Lipinski definition) is 2. The number of hydrogen-bond donors (Lipinski definition) is 1. The maximum absolute atomic E-state index is 12.4. The molecule has 1 N–H and O–H groups in total. The fourth-order valence-electron chi connectivity index (χ4n) is 2.95. The van der Waals surface area contributed by atoms with Crippen molar-refractivity contribution in [3.8, 4) is 0 Å². The van der Waals surface area contributed by atoms with Gasteiger partial charge in [-0.1, -0.05) is 23.8 Å². The van der Waals surface area contributed by atoms with Gasteiger partial charge in [-0.25, -0.2) is 4.79 Å². The van der Waals surface area contributed by atoms with E-state index in [4.69, 9.17) is 0 Å². The summed E-state index contributed by atoms with van der Waals surface area (Å²) in [5.74, 6) is 0. The molecule has 0 unspecified atom stereocenters. The highest BCUT2D eigenvalue weighted by molar-refractivity contribution is 5.89. The van der Waals surface area contributed by atoms with Crippen LogP contribution in [0.25, 0.3) is 0 Å². The number of benzene rings is 2. The highest BCUT2D eigenvalue weighted by Crippen LogP contribution is 2.18. The number of nitrogens with zero attached hydrogens (tertiary/aromatic N) is 2. The third-order valence-electron chi connectivity index (χ3n) is 4.72. The largest absolute Gasteiger partial charge is 0.368 e. The Morgan fingerprint density at radius 1 is 0.875 bits per heavy atom. The van der Waals surface area contributed by atoms with Crippen LogP contribution in [0.15, 0.2) is 42.5 Å². The fourth-order valence-corrected chi connectivity index (χ4v) is 2.95. The van der Waals surface area contributed by atoms with Crippen molar-refractivity contribution in [1.29, 1.82) is 0 Å². The second-order valence-corrected chi connectivity index (χ2v) is 6.54. The Morgan fingerprint density at radius 2 is 1.54 bits per heavy atom. The zero-order valence-electron chi connectivity index (χ0n) is 14.7. The van der Waals surface area contributed by atoms with E-state index >= 15 is 0 Å². The number of nitrogens with one attached hydrogen (secondary N) is 1. The van der Waals surface area contributed by atoms with E-state index in [-0.39, 0.29) is 6.03 Å². The monoisotopic (exact) mass is 323 g/mol. The summed E-state index contributed by atoms with van der Waals surface area (Å²) in [4.78, 5) is 16.7. The summed E-state index contributed by atoms with van der Waals surface area (Å²) >= 11 is 0. The molecule has 3 rings (SSSR count). The van der Waals surface area contributed by atoms with Crippen molar-refractivity contribution in [3.63, 3.8) is 0 Å². The lowest BCUT2D eigenvalue weighted by Crippen LogP contribution is -2.50. The summed E-state index contributed by atoms with van der Waals surface area (Å²) in [7, 11) is 0. The van der Waals surface area contributed by atoms with Gasteiger partial charge in [0.05, 0.1) is 0 Å². The van der Waals surface area contributed by atoms with Gasteiger partial charge >= 0.3 is 6.03 Å². The van der Waals surface area contributed by atoms with Crippen molar-refractivity contribution in [1.82, 2.24) is 4.90 Å². The lowest BCUT2D eigenvalue weighted by Gasteiger charge is -2.36.